The van der Waals surface area contributed by atoms with E-state index in [1.54, 1.807) is 0 Å². The number of Topliss-reactive ketones (excluding diaryl/α,β-unsaturated/α-hetero) is 2. The molecule has 0 spiro atoms. The molecule has 0 amide bonds. The monoisotopic (exact) mass is 1430 g/mol. The molecule has 6 aromatic rings. The van der Waals surface area contributed by atoms with Crippen molar-refractivity contribution in [2.45, 2.75) is 327 Å². The van der Waals surface area contributed by atoms with Gasteiger partial charge in [-0.15, -0.1) is 22.7 Å². The molecule has 0 fully saturated rings. The second kappa shape index (κ2) is 37.9. The van der Waals surface area contributed by atoms with E-state index in [0.717, 1.165) is 86.8 Å². The molecule has 0 atom stereocenters. The van der Waals surface area contributed by atoms with Crippen molar-refractivity contribution in [1.29, 1.82) is 15.8 Å². The van der Waals surface area contributed by atoms with Gasteiger partial charge in [0.25, 0.3) is 5.70 Å². The number of rotatable bonds is 44. The largest absolute Gasteiger partial charge is 0.289 e. The van der Waals surface area contributed by atoms with Crippen LogP contribution in [0.1, 0.15) is 386 Å². The number of hydrogen-bond acceptors (Lipinski definition) is 7. The summed E-state index contributed by atoms with van der Waals surface area (Å²) in [6.07, 6.45) is 54.4. The maximum atomic E-state index is 14.8. The van der Waals surface area contributed by atoms with Crippen molar-refractivity contribution < 1.29 is 9.59 Å². The molecule has 11 rings (SSSR count). The van der Waals surface area contributed by atoms with Crippen molar-refractivity contribution in [3.8, 4) is 50.2 Å². The summed E-state index contributed by atoms with van der Waals surface area (Å²) in [6, 6.07) is 37.7. The van der Waals surface area contributed by atoms with E-state index in [1.165, 1.54) is 258 Å². The standard InChI is InChI=1S/C97H118N4O2S2/c1-8-14-20-26-32-42-52-95(53-43-33-27-21-15-9-2)82-64-78-84(96(54-44-34-28-22-16-10-3,55-45-35-29-23-17-11-4)86-60-70(104-93(78)86)58-80-89(69(66-98)67-99)72-48-38-40-50-74(72)91(80)102)62-76(82)77-63-85-79(65-83(77)95)94-87(97(85,56-46-36-30-24-18-12-5)57-47-37-31-25-19-13-6)61-71(105-94)59-81-90(88(68-100)101-7)73-49-39-41-51-75(73)92(81)103/h38-41,48-51,58-65H,8-37,42-47,52-57H2,1-6H3/b80-58-,81-59-,90-88?. The maximum Gasteiger partial charge on any atom is 0.270 e. The van der Waals surface area contributed by atoms with Gasteiger partial charge in [0.05, 0.1) is 12.6 Å². The molecular formula is C97H118N4O2S2. The molecule has 0 bridgehead atoms. The molecule has 550 valence electrons. The molecule has 2 aromatic heterocycles. The maximum absolute atomic E-state index is 14.8. The lowest BCUT2D eigenvalue weighted by Gasteiger charge is -2.35. The minimum atomic E-state index is -0.261. The average molecular weight is 1440 g/mol. The summed E-state index contributed by atoms with van der Waals surface area (Å²) >= 11 is 3.66. The molecule has 6 nitrogen and oxygen atoms in total. The fourth-order valence-corrected chi connectivity index (χ4v) is 21.8. The number of nitrogens with zero attached hydrogens (tertiary/aromatic N) is 4. The Hall–Kier alpha value is -7.46. The number of nitriles is 3. The first-order chi connectivity index (χ1) is 51.5. The van der Waals surface area contributed by atoms with E-state index in [0.29, 0.717) is 44.5 Å². The number of carbonyl (C=O) groups is 2. The molecule has 0 N–H and O–H groups in total. The lowest BCUT2D eigenvalue weighted by molar-refractivity contribution is 0.103. The summed E-state index contributed by atoms with van der Waals surface area (Å²) < 4.78 is 0. The summed E-state index contributed by atoms with van der Waals surface area (Å²) in [5, 5.41) is 31.6. The Labute approximate surface area is 640 Å². The van der Waals surface area contributed by atoms with Crippen LogP contribution >= 0.6 is 22.7 Å². The molecule has 105 heavy (non-hydrogen) atoms. The molecule has 0 saturated heterocycles. The molecule has 0 unspecified atom stereocenters. The first kappa shape index (κ1) is 78.6. The van der Waals surface area contributed by atoms with Gasteiger partial charge in [-0.3, -0.25) is 9.59 Å². The van der Waals surface area contributed by atoms with E-state index >= 15 is 0 Å². The number of carbonyl (C=O) groups excluding carboxylic acids is 2. The zero-order valence-corrected chi connectivity index (χ0v) is 66.5. The highest BCUT2D eigenvalue weighted by Gasteiger charge is 2.52. The van der Waals surface area contributed by atoms with Crippen molar-refractivity contribution in [3.63, 3.8) is 0 Å². The van der Waals surface area contributed by atoms with Gasteiger partial charge >= 0.3 is 0 Å². The lowest BCUT2D eigenvalue weighted by Crippen LogP contribution is -2.27. The third kappa shape index (κ3) is 16.5. The Morgan fingerprint density at radius 1 is 0.352 bits per heavy atom. The van der Waals surface area contributed by atoms with Crippen molar-refractivity contribution >= 4 is 57.5 Å². The molecule has 0 saturated carbocycles. The first-order valence-corrected chi connectivity index (χ1v) is 43.6. The predicted octanol–water partition coefficient (Wildman–Crippen LogP) is 29.6. The van der Waals surface area contributed by atoms with E-state index in [2.05, 4.69) is 107 Å². The second-order valence-corrected chi connectivity index (χ2v) is 34.0. The third-order valence-corrected chi connectivity index (χ3v) is 27.1. The number of hydrogen-bond donors (Lipinski definition) is 0. The van der Waals surface area contributed by atoms with Crippen LogP contribution in [0.2, 0.25) is 0 Å². The highest BCUT2D eigenvalue weighted by molar-refractivity contribution is 7.17. The van der Waals surface area contributed by atoms with Crippen LogP contribution in [0.25, 0.3) is 60.2 Å². The van der Waals surface area contributed by atoms with Gasteiger partial charge in [0.15, 0.2) is 11.6 Å². The van der Waals surface area contributed by atoms with Crippen LogP contribution < -0.4 is 0 Å². The van der Waals surface area contributed by atoms with Gasteiger partial charge in [0.2, 0.25) is 0 Å². The van der Waals surface area contributed by atoms with Crippen LogP contribution in [0.15, 0.2) is 107 Å². The number of allylic oxidation sites excluding steroid dienone is 6. The summed E-state index contributed by atoms with van der Waals surface area (Å²) in [4.78, 5) is 38.0. The molecule has 5 aliphatic rings. The summed E-state index contributed by atoms with van der Waals surface area (Å²) in [7, 11) is 0. The quantitative estimate of drug-likeness (QED) is 0.0164. The van der Waals surface area contributed by atoms with E-state index in [1.807, 2.05) is 77.3 Å². The van der Waals surface area contributed by atoms with E-state index in [9.17, 15) is 25.4 Å². The van der Waals surface area contributed by atoms with E-state index in [4.69, 9.17) is 6.57 Å². The SMILES string of the molecule is [C-]#[N+]C(C#N)=C1/C(=C/c2cc3c(s2)-c2cc4c(cc2C3(CCCCCCCC)CCCCCCCC)-c2cc3c(cc2C4(CCCCCCCC)CCCCCCCC)-c2sc(/C=C4\C(=O)c5ccccc5C4=C(C#N)C#N)cc2C3(CCCCCCCC)CCCCCCCC)C(=O)c2ccccc21. The van der Waals surface area contributed by atoms with Crippen LogP contribution in [0.3, 0.4) is 0 Å². The lowest BCUT2D eigenvalue weighted by atomic mass is 9.68. The van der Waals surface area contributed by atoms with Gasteiger partial charge in [0, 0.05) is 69.2 Å². The van der Waals surface area contributed by atoms with Crippen LogP contribution in [0.5, 0.6) is 0 Å². The summed E-state index contributed by atoms with van der Waals surface area (Å²) in [6.45, 7) is 22.1. The zero-order valence-electron chi connectivity index (χ0n) is 64.9. The number of unbranched alkanes of at least 4 members (excludes halogenated alkanes) is 30. The van der Waals surface area contributed by atoms with Gasteiger partial charge in [-0.2, -0.15) is 10.5 Å². The molecular weight excluding hydrogens is 1320 g/mol. The van der Waals surface area contributed by atoms with Crippen molar-refractivity contribution in [1.82, 2.24) is 0 Å². The normalized spacial score (nSPS) is 16.2. The van der Waals surface area contributed by atoms with Crippen LogP contribution in [-0.4, -0.2) is 11.6 Å². The third-order valence-electron chi connectivity index (χ3n) is 24.8. The minimum Gasteiger partial charge on any atom is -0.289 e. The molecule has 8 heteroatoms. The molecule has 0 aliphatic heterocycles. The Morgan fingerprint density at radius 2 is 0.629 bits per heavy atom. The summed E-state index contributed by atoms with van der Waals surface area (Å²) in [5.74, 6) is -0.248. The van der Waals surface area contributed by atoms with Crippen LogP contribution in [0, 0.1) is 40.6 Å². The van der Waals surface area contributed by atoms with E-state index in [-0.39, 0.29) is 39.1 Å². The van der Waals surface area contributed by atoms with Gasteiger partial charge in [-0.1, -0.05) is 321 Å². The van der Waals surface area contributed by atoms with Gasteiger partial charge in [-0.05, 0) is 154 Å². The highest BCUT2D eigenvalue weighted by atomic mass is 32.1. The molecule has 0 radical (unpaired) electrons. The number of thiophene rings is 2. The topological polar surface area (TPSA) is 110 Å². The van der Waals surface area contributed by atoms with E-state index < -0.39 is 0 Å². The Morgan fingerprint density at radius 3 is 0.943 bits per heavy atom. The average Bonchev–Trinajstić information content (AvgIpc) is 1.51. The molecule has 5 aliphatic carbocycles. The Kier molecular flexibility index (Phi) is 28.4. The first-order valence-electron chi connectivity index (χ1n) is 42.0. The van der Waals surface area contributed by atoms with Crippen molar-refractivity contribution in [3.05, 3.63) is 184 Å². The second-order valence-electron chi connectivity index (χ2n) is 31.8. The zero-order chi connectivity index (χ0) is 73.8. The van der Waals surface area contributed by atoms with Gasteiger partial charge < -0.3 is 0 Å². The fourth-order valence-electron chi connectivity index (χ4n) is 19.3. The van der Waals surface area contributed by atoms with Crippen molar-refractivity contribution in [2.24, 2.45) is 0 Å². The number of benzene rings is 4. The number of fused-ring (bicyclic) bond motifs is 11. The minimum absolute atomic E-state index is 0.0243. The molecule has 2 heterocycles. The number of ketones is 2. The highest BCUT2D eigenvalue weighted by Crippen LogP contribution is 2.66. The van der Waals surface area contributed by atoms with Gasteiger partial charge in [-0.25, -0.2) is 10.1 Å². The predicted molar refractivity (Wildman–Crippen MR) is 444 cm³/mol. The molecule has 4 aromatic carbocycles. The Balaban J connectivity index is 1.17. The fraction of sp³-hybridized carbons (Fsp3) is 0.526. The Bertz CT molecular complexity index is 4030. The smallest absolute Gasteiger partial charge is 0.270 e. The van der Waals surface area contributed by atoms with Crippen LogP contribution in [-0.2, 0) is 16.2 Å². The van der Waals surface area contributed by atoms with Gasteiger partial charge in [0.1, 0.15) is 17.7 Å². The van der Waals surface area contributed by atoms with Crippen molar-refractivity contribution in [2.75, 3.05) is 0 Å². The summed E-state index contributed by atoms with van der Waals surface area (Å²) in [5.41, 5.74) is 17.9. The van der Waals surface area contributed by atoms with Crippen LogP contribution in [0.4, 0.5) is 0 Å².